The van der Waals surface area contributed by atoms with E-state index in [4.69, 9.17) is 11.6 Å². The zero-order valence-electron chi connectivity index (χ0n) is 11.4. The third-order valence-corrected chi connectivity index (χ3v) is 3.27. The molecular weight excluding hydrogens is 291 g/mol. The van der Waals surface area contributed by atoms with E-state index >= 15 is 0 Å². The molecular formula is C16H16ClFN2O. The number of rotatable bonds is 6. The Labute approximate surface area is 128 Å². The molecule has 2 aromatic carbocycles. The molecule has 0 fully saturated rings. The van der Waals surface area contributed by atoms with Gasteiger partial charge in [-0.2, -0.15) is 0 Å². The first-order chi connectivity index (χ1) is 10.1. The van der Waals surface area contributed by atoms with Crippen molar-refractivity contribution in [3.63, 3.8) is 0 Å². The van der Waals surface area contributed by atoms with Gasteiger partial charge in [-0.3, -0.25) is 4.79 Å². The van der Waals surface area contributed by atoms with Crippen LogP contribution in [0.25, 0.3) is 0 Å². The standard InChI is InChI=1S/C16H16ClFN2O/c17-14-3-1-2-4-15(14)19-10-9-16(21)20-11-12-5-7-13(18)8-6-12/h1-8,19H,9-11H2,(H,20,21). The van der Waals surface area contributed by atoms with Crippen LogP contribution in [-0.4, -0.2) is 12.5 Å². The quantitative estimate of drug-likeness (QED) is 0.856. The lowest BCUT2D eigenvalue weighted by Crippen LogP contribution is -2.24. The van der Waals surface area contributed by atoms with Gasteiger partial charge < -0.3 is 10.6 Å². The van der Waals surface area contributed by atoms with Crippen LogP contribution in [-0.2, 0) is 11.3 Å². The number of hydrogen-bond donors (Lipinski definition) is 2. The molecule has 0 saturated carbocycles. The average molecular weight is 307 g/mol. The maximum Gasteiger partial charge on any atom is 0.222 e. The minimum absolute atomic E-state index is 0.0705. The van der Waals surface area contributed by atoms with Gasteiger partial charge in [0.1, 0.15) is 5.82 Å². The largest absolute Gasteiger partial charge is 0.383 e. The van der Waals surface area contributed by atoms with Crippen LogP contribution in [0.2, 0.25) is 5.02 Å². The highest BCUT2D eigenvalue weighted by Gasteiger charge is 2.03. The molecule has 2 rings (SSSR count). The van der Waals surface area contributed by atoms with E-state index in [1.165, 1.54) is 12.1 Å². The molecule has 0 heterocycles. The molecule has 0 radical (unpaired) electrons. The predicted octanol–water partition coefficient (Wildman–Crippen LogP) is 3.60. The summed E-state index contributed by atoms with van der Waals surface area (Å²) in [5, 5.41) is 6.52. The molecule has 0 aromatic heterocycles. The van der Waals surface area contributed by atoms with Crippen molar-refractivity contribution in [2.24, 2.45) is 0 Å². The minimum Gasteiger partial charge on any atom is -0.383 e. The summed E-state index contributed by atoms with van der Waals surface area (Å²) in [6, 6.07) is 13.4. The molecule has 0 spiro atoms. The molecule has 0 aliphatic rings. The number of carbonyl (C=O) groups is 1. The molecule has 2 aromatic rings. The van der Waals surface area contributed by atoms with E-state index < -0.39 is 0 Å². The van der Waals surface area contributed by atoms with Crippen molar-refractivity contribution >= 4 is 23.2 Å². The van der Waals surface area contributed by atoms with Gasteiger partial charge in [-0.1, -0.05) is 35.9 Å². The van der Waals surface area contributed by atoms with Crippen molar-refractivity contribution in [2.45, 2.75) is 13.0 Å². The van der Waals surface area contributed by atoms with Crippen molar-refractivity contribution in [3.8, 4) is 0 Å². The summed E-state index contributed by atoms with van der Waals surface area (Å²) in [7, 11) is 0. The van der Waals surface area contributed by atoms with Crippen LogP contribution < -0.4 is 10.6 Å². The fourth-order valence-corrected chi connectivity index (χ4v) is 2.01. The highest BCUT2D eigenvalue weighted by molar-refractivity contribution is 6.33. The third kappa shape index (κ3) is 5.08. The Bertz CT molecular complexity index is 601. The van der Waals surface area contributed by atoms with Gasteiger partial charge in [0.15, 0.2) is 0 Å². The topological polar surface area (TPSA) is 41.1 Å². The van der Waals surface area contributed by atoms with Crippen molar-refractivity contribution in [3.05, 3.63) is 64.9 Å². The van der Waals surface area contributed by atoms with Crippen LogP contribution in [0.4, 0.5) is 10.1 Å². The smallest absolute Gasteiger partial charge is 0.222 e. The minimum atomic E-state index is -0.283. The van der Waals surface area contributed by atoms with Crippen LogP contribution in [0, 0.1) is 5.82 Å². The van der Waals surface area contributed by atoms with Gasteiger partial charge in [0, 0.05) is 19.5 Å². The fourth-order valence-electron chi connectivity index (χ4n) is 1.81. The second kappa shape index (κ2) is 7.64. The van der Waals surface area contributed by atoms with Gasteiger partial charge in [-0.15, -0.1) is 0 Å². The summed E-state index contributed by atoms with van der Waals surface area (Å²) in [4.78, 5) is 11.7. The maximum atomic E-state index is 12.7. The van der Waals surface area contributed by atoms with Gasteiger partial charge in [0.2, 0.25) is 5.91 Å². The molecule has 21 heavy (non-hydrogen) atoms. The van der Waals surface area contributed by atoms with Gasteiger partial charge in [-0.25, -0.2) is 4.39 Å². The van der Waals surface area contributed by atoms with Crippen LogP contribution >= 0.6 is 11.6 Å². The molecule has 0 aliphatic heterocycles. The van der Waals surface area contributed by atoms with E-state index in [2.05, 4.69) is 10.6 Å². The Morgan fingerprint density at radius 2 is 1.81 bits per heavy atom. The summed E-state index contributed by atoms with van der Waals surface area (Å²) in [5.41, 5.74) is 1.68. The molecule has 0 unspecified atom stereocenters. The second-order valence-electron chi connectivity index (χ2n) is 4.56. The van der Waals surface area contributed by atoms with Crippen LogP contribution in [0.3, 0.4) is 0 Å². The first-order valence-electron chi connectivity index (χ1n) is 6.65. The van der Waals surface area contributed by atoms with Crippen LogP contribution in [0.1, 0.15) is 12.0 Å². The summed E-state index contributed by atoms with van der Waals surface area (Å²) >= 11 is 6.00. The second-order valence-corrected chi connectivity index (χ2v) is 4.97. The molecule has 2 N–H and O–H groups in total. The summed E-state index contributed by atoms with van der Waals surface area (Å²) < 4.78 is 12.7. The van der Waals surface area contributed by atoms with E-state index in [0.29, 0.717) is 24.5 Å². The third-order valence-electron chi connectivity index (χ3n) is 2.94. The van der Waals surface area contributed by atoms with Gasteiger partial charge >= 0.3 is 0 Å². The molecule has 0 bridgehead atoms. The molecule has 0 atom stereocenters. The number of carbonyl (C=O) groups excluding carboxylic acids is 1. The van der Waals surface area contributed by atoms with Crippen LogP contribution in [0.15, 0.2) is 48.5 Å². The monoisotopic (exact) mass is 306 g/mol. The van der Waals surface area contributed by atoms with E-state index in [1.54, 1.807) is 18.2 Å². The predicted molar refractivity (Wildman–Crippen MR) is 82.8 cm³/mol. The number of amides is 1. The Kier molecular flexibility index (Phi) is 5.58. The van der Waals surface area contributed by atoms with E-state index in [9.17, 15) is 9.18 Å². The van der Waals surface area contributed by atoms with E-state index in [0.717, 1.165) is 11.3 Å². The van der Waals surface area contributed by atoms with Gasteiger partial charge in [0.05, 0.1) is 10.7 Å². The molecule has 3 nitrogen and oxygen atoms in total. The van der Waals surface area contributed by atoms with Crippen molar-refractivity contribution in [2.75, 3.05) is 11.9 Å². The summed E-state index contributed by atoms with van der Waals surface area (Å²) in [6.45, 7) is 0.893. The highest BCUT2D eigenvalue weighted by atomic mass is 35.5. The maximum absolute atomic E-state index is 12.7. The summed E-state index contributed by atoms with van der Waals surface area (Å²) in [6.07, 6.45) is 0.340. The van der Waals surface area contributed by atoms with Crippen molar-refractivity contribution in [1.82, 2.24) is 5.32 Å². The molecule has 110 valence electrons. The Balaban J connectivity index is 1.70. The number of benzene rings is 2. The van der Waals surface area contributed by atoms with Crippen molar-refractivity contribution in [1.29, 1.82) is 0 Å². The molecule has 0 saturated heterocycles. The molecule has 1 amide bonds. The highest BCUT2D eigenvalue weighted by Crippen LogP contribution is 2.20. The van der Waals surface area contributed by atoms with Gasteiger partial charge in [0.25, 0.3) is 0 Å². The van der Waals surface area contributed by atoms with Gasteiger partial charge in [-0.05, 0) is 29.8 Å². The Morgan fingerprint density at radius 1 is 1.10 bits per heavy atom. The first-order valence-corrected chi connectivity index (χ1v) is 7.02. The average Bonchev–Trinajstić information content (AvgIpc) is 2.49. The van der Waals surface area contributed by atoms with Crippen LogP contribution in [0.5, 0.6) is 0 Å². The first kappa shape index (κ1) is 15.3. The fraction of sp³-hybridized carbons (Fsp3) is 0.188. The number of para-hydroxylation sites is 1. The lowest BCUT2D eigenvalue weighted by Gasteiger charge is -2.08. The lowest BCUT2D eigenvalue weighted by molar-refractivity contribution is -0.121. The number of anilines is 1. The number of hydrogen-bond acceptors (Lipinski definition) is 2. The van der Waals surface area contributed by atoms with E-state index in [-0.39, 0.29) is 11.7 Å². The number of halogens is 2. The number of nitrogens with one attached hydrogen (secondary N) is 2. The zero-order valence-corrected chi connectivity index (χ0v) is 12.2. The van der Waals surface area contributed by atoms with E-state index in [1.807, 2.05) is 18.2 Å². The normalized spacial score (nSPS) is 10.2. The SMILES string of the molecule is O=C(CCNc1ccccc1Cl)NCc1ccc(F)cc1. The zero-order chi connectivity index (χ0) is 15.1. The molecule has 0 aliphatic carbocycles. The van der Waals surface area contributed by atoms with Crippen molar-refractivity contribution < 1.29 is 9.18 Å². The molecule has 5 heteroatoms. The summed E-state index contributed by atoms with van der Waals surface area (Å²) in [5.74, 6) is -0.354. The Morgan fingerprint density at radius 3 is 2.52 bits per heavy atom. The lowest BCUT2D eigenvalue weighted by atomic mass is 10.2. The Hall–Kier alpha value is -2.07.